The largest absolute Gasteiger partial charge is 0.586 e. The molecular weight excluding hydrogens is 1720 g/mol. The predicted molar refractivity (Wildman–Crippen MR) is 537 cm³/mol. The van der Waals surface area contributed by atoms with Gasteiger partial charge in [-0.05, 0) is 276 Å². The van der Waals surface area contributed by atoms with Crippen LogP contribution >= 0.6 is 23.2 Å². The Bertz CT molecular complexity index is 4950. The zero-order valence-corrected chi connectivity index (χ0v) is 85.4. The van der Waals surface area contributed by atoms with Crippen LogP contribution in [-0.4, -0.2) is 38.9 Å². The Kier molecular flexibility index (Phi) is 53.0. The summed E-state index contributed by atoms with van der Waals surface area (Å²) >= 11 is 11.7. The third-order valence-corrected chi connectivity index (χ3v) is 20.8. The molecule has 0 amide bonds. The number of alkyl halides is 8. The van der Waals surface area contributed by atoms with Gasteiger partial charge in [0, 0.05) is 11.9 Å². The van der Waals surface area contributed by atoms with E-state index in [9.17, 15) is 39.9 Å². The van der Waals surface area contributed by atoms with Gasteiger partial charge in [0.25, 0.3) is 0 Å². The molecule has 132 heavy (non-hydrogen) atoms. The van der Waals surface area contributed by atoms with E-state index in [4.69, 9.17) is 42.1 Å². The molecular formula is C114H148Cl2F8O8. The maximum absolute atomic E-state index is 12.7. The molecule has 8 nitrogen and oxygen atoms in total. The van der Waals surface area contributed by atoms with Crippen molar-refractivity contribution in [1.29, 1.82) is 0 Å². The molecule has 0 spiro atoms. The summed E-state index contributed by atoms with van der Waals surface area (Å²) < 4.78 is 130. The molecule has 0 unspecified atom stereocenters. The fourth-order valence-electron chi connectivity index (χ4n) is 12.7. The zero-order chi connectivity index (χ0) is 100. The molecule has 0 bridgehead atoms. The molecule has 0 radical (unpaired) electrons. The second-order valence-electron chi connectivity index (χ2n) is 36.1. The van der Waals surface area contributed by atoms with Gasteiger partial charge in [0.15, 0.2) is 11.5 Å². The molecule has 1 heterocycles. The van der Waals surface area contributed by atoms with Crippen LogP contribution in [0.2, 0.25) is 10.0 Å². The van der Waals surface area contributed by atoms with Crippen molar-refractivity contribution in [3.8, 4) is 40.2 Å². The van der Waals surface area contributed by atoms with Gasteiger partial charge in [-0.2, -0.15) is 13.2 Å². The van der Waals surface area contributed by atoms with Crippen molar-refractivity contribution in [3.05, 3.63) is 348 Å². The fourth-order valence-corrected chi connectivity index (χ4v) is 13.4. The number of esters is 1. The molecule has 18 heteroatoms. The highest BCUT2D eigenvalue weighted by molar-refractivity contribution is 6.33. The van der Waals surface area contributed by atoms with Gasteiger partial charge in [-0.15, -0.1) is 22.0 Å². The minimum atomic E-state index is -4.61. The first-order valence-electron chi connectivity index (χ1n) is 45.4. The van der Waals surface area contributed by atoms with E-state index < -0.39 is 24.4 Å². The Morgan fingerprint density at radius 3 is 1.12 bits per heavy atom. The van der Waals surface area contributed by atoms with Gasteiger partial charge in [-0.25, -0.2) is 0 Å². The number of benzene rings is 11. The molecule has 0 atom stereocenters. The number of carbonyl (C=O) groups is 1. The number of carbonyl (C=O) groups excluding carboxylic acids is 1. The fraction of sp³-hybridized carbons (Fsp3) is 0.412. The van der Waals surface area contributed by atoms with Gasteiger partial charge in [0.05, 0.1) is 30.9 Å². The van der Waals surface area contributed by atoms with Crippen LogP contribution < -0.4 is 33.2 Å². The first-order valence-corrected chi connectivity index (χ1v) is 46.2. The second kappa shape index (κ2) is 59.4. The first kappa shape index (κ1) is 118. The normalized spacial score (nSPS) is 11.5. The summed E-state index contributed by atoms with van der Waals surface area (Å²) in [4.78, 5) is 10.6. The molecule has 0 N–H and O–H groups in total. The monoisotopic (exact) mass is 1870 g/mol. The number of ether oxygens (including phenoxy) is 7. The molecule has 11 aromatic rings. The van der Waals surface area contributed by atoms with Gasteiger partial charge < -0.3 is 33.2 Å². The van der Waals surface area contributed by atoms with E-state index in [1.165, 1.54) is 110 Å². The van der Waals surface area contributed by atoms with Crippen LogP contribution in [-0.2, 0) is 17.4 Å². The van der Waals surface area contributed by atoms with E-state index in [-0.39, 0.29) is 46.2 Å². The SMILES string of the molecule is CC(=O)Oc1ccc(C(C)C)cc1.CC(C)Cc1ccccc1.CC(C)Oc1ccc(C(C)C)cc1.CC(C)c1ccc(C(F)(F)F)cc1.CC(C)c1ccc(OC(F)(F)F)cc1.CC(C)c1ccc2c(c1Cl)OC(F)(F)O2.CC(C)c1cccc(Cl)c1.COc1cc(C)c(C(C)C)c(C)c1.COc1cccc(C(C)C)c1.Cc1ccc(C(C)C)cc1.Cc1cccc(C(C)C)c1. The van der Waals surface area contributed by atoms with E-state index in [1.54, 1.807) is 32.4 Å². The summed E-state index contributed by atoms with van der Waals surface area (Å²) in [5.41, 5.74) is 18.4. The van der Waals surface area contributed by atoms with Crippen LogP contribution in [0.4, 0.5) is 35.1 Å². The summed E-state index contributed by atoms with van der Waals surface area (Å²) in [6, 6.07) is 78.6. The van der Waals surface area contributed by atoms with Gasteiger partial charge in [0.1, 0.15) is 28.7 Å². The second-order valence-corrected chi connectivity index (χ2v) is 36.9. The number of hydrogen-bond acceptors (Lipinski definition) is 8. The van der Waals surface area contributed by atoms with Crippen molar-refractivity contribution in [2.45, 2.75) is 291 Å². The maximum Gasteiger partial charge on any atom is 0.586 e. The molecule has 0 aliphatic carbocycles. The molecule has 0 aromatic heterocycles. The van der Waals surface area contributed by atoms with E-state index in [0.717, 1.165) is 57.0 Å². The topological polar surface area (TPSA) is 81.7 Å². The number of fused-ring (bicyclic) bond motifs is 1. The number of methoxy groups -OCH3 is 2. The molecule has 1 aliphatic heterocycles. The number of aryl methyl sites for hydroxylation is 4. The molecule has 1 aliphatic rings. The minimum absolute atomic E-state index is 0.0191. The number of rotatable bonds is 18. The number of halogens is 10. The van der Waals surface area contributed by atoms with Crippen molar-refractivity contribution >= 4 is 29.2 Å². The van der Waals surface area contributed by atoms with E-state index in [1.807, 2.05) is 122 Å². The maximum atomic E-state index is 12.7. The standard InChI is InChI=1S/2C12H18O.C11H14O2.C10H9ClF2O2.C10H11F3O.C10H11F3.C10H14O.3C10H14.C9H11Cl/c1-8(2)12-9(3)6-11(13-5)7-10(12)4;1-9(2)11-5-7-12(8-6-11)13-10(3)4;1-8(2)10-4-6-11(7-5-10)13-9(3)12;1-5(2)6-3-4-7-9(8(6)11)15-10(12,13)14-7;1-7(2)8-3-5-9(6-4-8)14-10(11,12)13;1-7(2)8-3-5-9(6-4-8)10(11,12)13;1-8(2)9-5-4-6-10(7-9)11-3;1-8(2)10-6-4-9(3)5-7-10;1-8(2)10-6-4-5-9(3)7-10;1-9(2)8-10-6-4-3-5-7-10;1-7(2)8-4-3-5-9(10)6-8/h6-8H,1-5H3;5-10H,1-4H3;4-8H,1-3H3;3-5H,1-2H3;3-7H,1-2H3;3-7H,1-2H3;4-8H,1-3H3;2*4-8H,1-3H3;3-7,9H,8H2,1-2H3;3-7H,1-2H3. The van der Waals surface area contributed by atoms with Crippen molar-refractivity contribution in [2.75, 3.05) is 14.2 Å². The molecule has 0 saturated carbocycles. The predicted octanol–water partition coefficient (Wildman–Crippen LogP) is 36.5. The van der Waals surface area contributed by atoms with Gasteiger partial charge >= 0.3 is 24.8 Å². The Hall–Kier alpha value is -10.3. The molecule has 12 rings (SSSR count). The van der Waals surface area contributed by atoms with Crippen LogP contribution in [0.3, 0.4) is 0 Å². The lowest BCUT2D eigenvalue weighted by Gasteiger charge is -2.14. The van der Waals surface area contributed by atoms with Gasteiger partial charge in [-0.3, -0.25) is 4.79 Å². The third kappa shape index (κ3) is 47.9. The Morgan fingerprint density at radius 2 is 0.765 bits per heavy atom. The summed E-state index contributed by atoms with van der Waals surface area (Å²) in [5, 5.41) is 1.02. The minimum Gasteiger partial charge on any atom is -0.497 e. The molecule has 11 aromatic carbocycles. The molecule has 0 saturated heterocycles. The summed E-state index contributed by atoms with van der Waals surface area (Å²) in [5.74, 6) is 8.52. The lowest BCUT2D eigenvalue weighted by molar-refractivity contribution is -0.286. The van der Waals surface area contributed by atoms with Gasteiger partial charge in [0.2, 0.25) is 0 Å². The lowest BCUT2D eigenvalue weighted by atomic mass is 9.93. The summed E-state index contributed by atoms with van der Waals surface area (Å²) in [7, 11) is 3.41. The van der Waals surface area contributed by atoms with E-state index >= 15 is 0 Å². The average Bonchev–Trinajstić information content (AvgIpc) is 1.63. The summed E-state index contributed by atoms with van der Waals surface area (Å²) in [6.07, 6.45) is -11.0. The third-order valence-electron chi connectivity index (χ3n) is 20.2. The van der Waals surface area contributed by atoms with Crippen LogP contribution in [0.5, 0.6) is 40.2 Å². The Morgan fingerprint density at radius 1 is 0.371 bits per heavy atom. The highest BCUT2D eigenvalue weighted by atomic mass is 35.5. The van der Waals surface area contributed by atoms with Crippen LogP contribution in [0.15, 0.2) is 249 Å². The Balaban J connectivity index is 0.000000493. The lowest BCUT2D eigenvalue weighted by Crippen LogP contribution is -2.26. The highest BCUT2D eigenvalue weighted by Crippen LogP contribution is 2.48. The molecule has 722 valence electrons. The van der Waals surface area contributed by atoms with Crippen LogP contribution in [0, 0.1) is 33.6 Å². The average molecular weight is 1870 g/mol. The van der Waals surface area contributed by atoms with Crippen molar-refractivity contribution in [3.63, 3.8) is 0 Å². The number of hydrogen-bond donors (Lipinski definition) is 0. The quantitative estimate of drug-likeness (QED) is 0.0477. The van der Waals surface area contributed by atoms with E-state index in [2.05, 4.69) is 274 Å². The molecule has 0 fully saturated rings. The Labute approximate surface area is 796 Å². The van der Waals surface area contributed by atoms with Gasteiger partial charge in [-0.1, -0.05) is 344 Å². The smallest absolute Gasteiger partial charge is 0.497 e. The van der Waals surface area contributed by atoms with Crippen molar-refractivity contribution < 1.29 is 73.1 Å². The highest BCUT2D eigenvalue weighted by Gasteiger charge is 2.45. The van der Waals surface area contributed by atoms with Crippen LogP contribution in [0.25, 0.3) is 0 Å². The van der Waals surface area contributed by atoms with Crippen molar-refractivity contribution in [1.82, 2.24) is 0 Å². The summed E-state index contributed by atoms with van der Waals surface area (Å²) in [6.45, 7) is 60.8. The first-order chi connectivity index (χ1) is 61.6. The van der Waals surface area contributed by atoms with Crippen LogP contribution in [0.1, 0.15) is 321 Å². The van der Waals surface area contributed by atoms with Crippen molar-refractivity contribution in [2.24, 2.45) is 5.92 Å². The zero-order valence-electron chi connectivity index (χ0n) is 83.9. The van der Waals surface area contributed by atoms with E-state index in [0.29, 0.717) is 53.1 Å².